The third-order valence-corrected chi connectivity index (χ3v) is 3.62. The molecule has 138 valence electrons. The Bertz CT molecular complexity index is 711. The Balaban J connectivity index is 1.85. The highest BCUT2D eigenvalue weighted by Crippen LogP contribution is 2.15. The third-order valence-electron chi connectivity index (χ3n) is 3.62. The van der Waals surface area contributed by atoms with Gasteiger partial charge >= 0.3 is 5.97 Å². The van der Waals surface area contributed by atoms with Crippen LogP contribution in [0.5, 0.6) is 5.75 Å². The highest BCUT2D eigenvalue weighted by Gasteiger charge is 2.17. The number of carbonyl (C=O) groups is 2. The van der Waals surface area contributed by atoms with Gasteiger partial charge in [0.1, 0.15) is 5.75 Å². The second-order valence-corrected chi connectivity index (χ2v) is 6.48. The predicted molar refractivity (Wildman–Crippen MR) is 99.9 cm³/mol. The van der Waals surface area contributed by atoms with E-state index in [2.05, 4.69) is 5.32 Å². The fraction of sp³-hybridized carbons (Fsp3) is 0.333. The highest BCUT2D eigenvalue weighted by molar-refractivity contribution is 5.94. The second kappa shape index (κ2) is 9.61. The molecule has 1 amide bonds. The minimum atomic E-state index is -0.702. The van der Waals surface area contributed by atoms with Crippen LogP contribution < -0.4 is 10.1 Å². The summed E-state index contributed by atoms with van der Waals surface area (Å²) >= 11 is 0. The van der Waals surface area contributed by atoms with Crippen LogP contribution in [-0.2, 0) is 16.1 Å². The van der Waals surface area contributed by atoms with E-state index >= 15 is 0 Å². The van der Waals surface area contributed by atoms with Gasteiger partial charge < -0.3 is 14.8 Å². The van der Waals surface area contributed by atoms with Crippen LogP contribution in [0.2, 0.25) is 0 Å². The molecule has 0 heterocycles. The van der Waals surface area contributed by atoms with Gasteiger partial charge in [0.25, 0.3) is 5.91 Å². The Hall–Kier alpha value is -2.82. The topological polar surface area (TPSA) is 64.6 Å². The lowest BCUT2D eigenvalue weighted by Gasteiger charge is -2.15. The average molecular weight is 355 g/mol. The molecule has 1 unspecified atom stereocenters. The monoisotopic (exact) mass is 355 g/mol. The summed E-state index contributed by atoms with van der Waals surface area (Å²) in [5.41, 5.74) is 1.57. The molecule has 0 aliphatic carbocycles. The molecule has 2 rings (SSSR count). The molecule has 5 heteroatoms. The SMILES string of the molecule is CC(C)COC(=O)C(C)Oc1ccc(C(=O)NCc2ccccc2)cc1. The van der Waals surface area contributed by atoms with Gasteiger partial charge in [-0.2, -0.15) is 0 Å². The molecule has 2 aromatic carbocycles. The lowest BCUT2D eigenvalue weighted by molar-refractivity contribution is -0.152. The number of benzene rings is 2. The maximum atomic E-state index is 12.2. The van der Waals surface area contributed by atoms with Crippen LogP contribution in [-0.4, -0.2) is 24.6 Å². The van der Waals surface area contributed by atoms with Crippen LogP contribution in [0.4, 0.5) is 0 Å². The van der Waals surface area contributed by atoms with E-state index in [0.29, 0.717) is 24.5 Å². The summed E-state index contributed by atoms with van der Waals surface area (Å²) in [6, 6.07) is 16.4. The van der Waals surface area contributed by atoms with E-state index in [1.807, 2.05) is 44.2 Å². The molecular weight excluding hydrogens is 330 g/mol. The molecule has 1 atom stereocenters. The van der Waals surface area contributed by atoms with Crippen LogP contribution >= 0.6 is 0 Å². The first-order valence-corrected chi connectivity index (χ1v) is 8.71. The highest BCUT2D eigenvalue weighted by atomic mass is 16.6. The van der Waals surface area contributed by atoms with Crippen molar-refractivity contribution in [2.75, 3.05) is 6.61 Å². The van der Waals surface area contributed by atoms with Gasteiger partial charge in [0, 0.05) is 12.1 Å². The van der Waals surface area contributed by atoms with Crippen molar-refractivity contribution in [1.29, 1.82) is 0 Å². The zero-order valence-corrected chi connectivity index (χ0v) is 15.4. The van der Waals surface area contributed by atoms with Gasteiger partial charge in [-0.3, -0.25) is 4.79 Å². The van der Waals surface area contributed by atoms with E-state index in [1.54, 1.807) is 31.2 Å². The van der Waals surface area contributed by atoms with Crippen LogP contribution in [0.15, 0.2) is 54.6 Å². The summed E-state index contributed by atoms with van der Waals surface area (Å²) in [5, 5.41) is 2.87. The Morgan fingerprint density at radius 3 is 2.23 bits per heavy atom. The van der Waals surface area contributed by atoms with Crippen LogP contribution in [0.25, 0.3) is 0 Å². The van der Waals surface area contributed by atoms with Gasteiger partial charge in [-0.05, 0) is 42.7 Å². The minimum Gasteiger partial charge on any atom is -0.479 e. The molecule has 0 saturated carbocycles. The van der Waals surface area contributed by atoms with Crippen LogP contribution in [0, 0.1) is 5.92 Å². The first kappa shape index (κ1) is 19.5. The van der Waals surface area contributed by atoms with Gasteiger partial charge in [-0.1, -0.05) is 44.2 Å². The van der Waals surface area contributed by atoms with Crippen molar-refractivity contribution in [3.8, 4) is 5.75 Å². The van der Waals surface area contributed by atoms with Crippen molar-refractivity contribution >= 4 is 11.9 Å². The average Bonchev–Trinajstić information content (AvgIpc) is 2.65. The van der Waals surface area contributed by atoms with Crippen LogP contribution in [0.3, 0.4) is 0 Å². The standard InChI is InChI=1S/C21H25NO4/c1-15(2)14-25-21(24)16(3)26-19-11-9-18(10-12-19)20(23)22-13-17-7-5-4-6-8-17/h4-12,15-16H,13-14H2,1-3H3,(H,22,23). The molecule has 5 nitrogen and oxygen atoms in total. The maximum Gasteiger partial charge on any atom is 0.347 e. The summed E-state index contributed by atoms with van der Waals surface area (Å²) in [6.45, 7) is 6.42. The van der Waals surface area contributed by atoms with Gasteiger partial charge in [-0.25, -0.2) is 4.79 Å². The summed E-state index contributed by atoms with van der Waals surface area (Å²) in [7, 11) is 0. The summed E-state index contributed by atoms with van der Waals surface area (Å²) < 4.78 is 10.7. The largest absolute Gasteiger partial charge is 0.479 e. The fourth-order valence-corrected chi connectivity index (χ4v) is 2.18. The number of carbonyl (C=O) groups excluding carboxylic acids is 2. The molecule has 0 saturated heterocycles. The number of nitrogens with one attached hydrogen (secondary N) is 1. The van der Waals surface area contributed by atoms with E-state index in [0.717, 1.165) is 5.56 Å². The van der Waals surface area contributed by atoms with Gasteiger partial charge in [-0.15, -0.1) is 0 Å². The zero-order valence-electron chi connectivity index (χ0n) is 15.4. The van der Waals surface area contributed by atoms with Crippen molar-refractivity contribution in [3.63, 3.8) is 0 Å². The van der Waals surface area contributed by atoms with E-state index in [-0.39, 0.29) is 11.8 Å². The summed E-state index contributed by atoms with van der Waals surface area (Å²) in [4.78, 5) is 24.0. The number of rotatable bonds is 8. The second-order valence-electron chi connectivity index (χ2n) is 6.48. The molecule has 0 bridgehead atoms. The molecule has 0 spiro atoms. The number of amides is 1. The molecule has 0 aliphatic heterocycles. The molecule has 0 aliphatic rings. The van der Waals surface area contributed by atoms with Crippen molar-refractivity contribution in [2.24, 2.45) is 5.92 Å². The predicted octanol–water partition coefficient (Wildman–Crippen LogP) is 3.58. The van der Waals surface area contributed by atoms with E-state index in [9.17, 15) is 9.59 Å². The van der Waals surface area contributed by atoms with Gasteiger partial charge in [0.05, 0.1) is 6.61 Å². The molecule has 26 heavy (non-hydrogen) atoms. The lowest BCUT2D eigenvalue weighted by atomic mass is 10.2. The summed E-state index contributed by atoms with van der Waals surface area (Å²) in [6.07, 6.45) is -0.702. The van der Waals surface area contributed by atoms with E-state index in [1.165, 1.54) is 0 Å². The molecule has 0 radical (unpaired) electrons. The Morgan fingerprint density at radius 1 is 0.962 bits per heavy atom. The van der Waals surface area contributed by atoms with E-state index in [4.69, 9.17) is 9.47 Å². The normalized spacial score (nSPS) is 11.7. The zero-order chi connectivity index (χ0) is 18.9. The molecule has 1 N–H and O–H groups in total. The van der Waals surface area contributed by atoms with Crippen molar-refractivity contribution in [2.45, 2.75) is 33.4 Å². The van der Waals surface area contributed by atoms with Gasteiger partial charge in [0.2, 0.25) is 0 Å². The molecule has 2 aromatic rings. The molecule has 0 fully saturated rings. The lowest BCUT2D eigenvalue weighted by Crippen LogP contribution is -2.27. The number of hydrogen-bond acceptors (Lipinski definition) is 4. The Morgan fingerprint density at radius 2 is 1.62 bits per heavy atom. The van der Waals surface area contributed by atoms with Crippen molar-refractivity contribution < 1.29 is 19.1 Å². The Kier molecular flexibility index (Phi) is 7.21. The fourth-order valence-electron chi connectivity index (χ4n) is 2.18. The first-order chi connectivity index (χ1) is 12.5. The Labute approximate surface area is 154 Å². The number of hydrogen-bond donors (Lipinski definition) is 1. The van der Waals surface area contributed by atoms with Crippen molar-refractivity contribution in [3.05, 3.63) is 65.7 Å². The van der Waals surface area contributed by atoms with Crippen molar-refractivity contribution in [1.82, 2.24) is 5.32 Å². The van der Waals surface area contributed by atoms with Gasteiger partial charge in [0.15, 0.2) is 6.10 Å². The summed E-state index contributed by atoms with van der Waals surface area (Å²) in [5.74, 6) is 0.228. The maximum absolute atomic E-state index is 12.2. The third kappa shape index (κ3) is 6.24. The quantitative estimate of drug-likeness (QED) is 0.735. The molecular formula is C21H25NO4. The first-order valence-electron chi connectivity index (χ1n) is 8.71. The van der Waals surface area contributed by atoms with Crippen LogP contribution in [0.1, 0.15) is 36.7 Å². The minimum absolute atomic E-state index is 0.162. The smallest absolute Gasteiger partial charge is 0.347 e. The van der Waals surface area contributed by atoms with E-state index < -0.39 is 12.1 Å². The number of esters is 1. The molecule has 0 aromatic heterocycles. The number of ether oxygens (including phenoxy) is 2.